The minimum Gasteiger partial charge on any atom is -0.489 e. The highest BCUT2D eigenvalue weighted by molar-refractivity contribution is 5.98. The highest BCUT2D eigenvalue weighted by Gasteiger charge is 2.36. The molecule has 1 aromatic rings. The number of para-hydroxylation sites is 2. The van der Waals surface area contributed by atoms with Gasteiger partial charge in [0.2, 0.25) is 5.91 Å². The summed E-state index contributed by atoms with van der Waals surface area (Å²) in [5.74, 6) is 0.399. The first-order valence-electron chi connectivity index (χ1n) is 8.73. The molecule has 1 N–H and O–H groups in total. The number of carbonyl (C=O) groups excluding carboxylic acids is 2. The third-order valence-corrected chi connectivity index (χ3v) is 3.69. The molecule has 0 saturated carbocycles. The molecule has 1 aliphatic rings. The van der Waals surface area contributed by atoms with E-state index in [1.807, 2.05) is 52.8 Å². The van der Waals surface area contributed by atoms with Crippen LogP contribution in [0.3, 0.4) is 0 Å². The van der Waals surface area contributed by atoms with Gasteiger partial charge in [-0.2, -0.15) is 0 Å². The van der Waals surface area contributed by atoms with Crippen LogP contribution in [0.2, 0.25) is 0 Å². The van der Waals surface area contributed by atoms with Crippen LogP contribution in [0.5, 0.6) is 5.75 Å². The Balaban J connectivity index is 2.09. The van der Waals surface area contributed by atoms with Gasteiger partial charge in [0.05, 0.1) is 11.8 Å². The molecule has 1 saturated heterocycles. The Morgan fingerprint density at radius 1 is 1.24 bits per heavy atom. The Kier molecular flexibility index (Phi) is 5.93. The Labute approximate surface area is 149 Å². The van der Waals surface area contributed by atoms with Gasteiger partial charge in [0.25, 0.3) is 0 Å². The molecular weight excluding hydrogens is 320 g/mol. The largest absolute Gasteiger partial charge is 0.489 e. The predicted molar refractivity (Wildman–Crippen MR) is 96.8 cm³/mol. The van der Waals surface area contributed by atoms with Crippen molar-refractivity contribution in [2.45, 2.75) is 65.2 Å². The number of amides is 2. The number of hydrogen-bond acceptors (Lipinski definition) is 4. The molecule has 2 rings (SSSR count). The molecule has 1 heterocycles. The van der Waals surface area contributed by atoms with Crippen molar-refractivity contribution >= 4 is 17.7 Å². The zero-order chi connectivity index (χ0) is 18.6. The summed E-state index contributed by atoms with van der Waals surface area (Å²) in [7, 11) is 0. The molecule has 138 valence electrons. The number of benzene rings is 1. The summed E-state index contributed by atoms with van der Waals surface area (Å²) in [4.78, 5) is 26.6. The SMILES string of the molecule is CC(C)Oc1ccccc1NC(=O)[C@@H]1CCCN1C(=O)OC(C)(C)C. The van der Waals surface area contributed by atoms with E-state index in [-0.39, 0.29) is 12.0 Å². The van der Waals surface area contributed by atoms with Crippen LogP contribution in [0.25, 0.3) is 0 Å². The maximum Gasteiger partial charge on any atom is 0.410 e. The number of nitrogens with one attached hydrogen (secondary N) is 1. The number of ether oxygens (including phenoxy) is 2. The lowest BCUT2D eigenvalue weighted by Gasteiger charge is -2.28. The molecule has 2 amide bonds. The summed E-state index contributed by atoms with van der Waals surface area (Å²) < 4.78 is 11.1. The van der Waals surface area contributed by atoms with E-state index in [1.54, 1.807) is 6.07 Å². The average molecular weight is 348 g/mol. The van der Waals surface area contributed by atoms with Crippen molar-refractivity contribution in [3.8, 4) is 5.75 Å². The van der Waals surface area contributed by atoms with E-state index in [0.29, 0.717) is 24.4 Å². The summed E-state index contributed by atoms with van der Waals surface area (Å²) in [6.07, 6.45) is 0.958. The maximum atomic E-state index is 12.7. The fourth-order valence-electron chi connectivity index (χ4n) is 2.72. The number of likely N-dealkylation sites (tertiary alicyclic amines) is 1. The van der Waals surface area contributed by atoms with E-state index < -0.39 is 17.7 Å². The Morgan fingerprint density at radius 3 is 2.56 bits per heavy atom. The minimum absolute atomic E-state index is 0.00259. The number of anilines is 1. The predicted octanol–water partition coefficient (Wildman–Crippen LogP) is 3.81. The number of rotatable bonds is 4. The first kappa shape index (κ1) is 19.1. The Bertz CT molecular complexity index is 622. The van der Waals surface area contributed by atoms with Gasteiger partial charge in [-0.25, -0.2) is 4.79 Å². The zero-order valence-electron chi connectivity index (χ0n) is 15.7. The van der Waals surface area contributed by atoms with E-state index in [9.17, 15) is 9.59 Å². The molecule has 6 nitrogen and oxygen atoms in total. The lowest BCUT2D eigenvalue weighted by atomic mass is 10.2. The lowest BCUT2D eigenvalue weighted by molar-refractivity contribution is -0.120. The summed E-state index contributed by atoms with van der Waals surface area (Å²) >= 11 is 0. The van der Waals surface area contributed by atoms with Gasteiger partial charge in [0, 0.05) is 6.54 Å². The highest BCUT2D eigenvalue weighted by Crippen LogP contribution is 2.27. The van der Waals surface area contributed by atoms with Crippen LogP contribution in [0, 0.1) is 0 Å². The van der Waals surface area contributed by atoms with Crippen molar-refractivity contribution < 1.29 is 19.1 Å². The molecule has 0 unspecified atom stereocenters. The normalized spacial score (nSPS) is 17.5. The first-order chi connectivity index (χ1) is 11.7. The Hall–Kier alpha value is -2.24. The molecule has 0 bridgehead atoms. The van der Waals surface area contributed by atoms with Crippen LogP contribution in [-0.4, -0.2) is 41.2 Å². The summed E-state index contributed by atoms with van der Waals surface area (Å²) in [6.45, 7) is 9.83. The van der Waals surface area contributed by atoms with E-state index in [4.69, 9.17) is 9.47 Å². The minimum atomic E-state index is -0.585. The van der Waals surface area contributed by atoms with Gasteiger partial charge < -0.3 is 14.8 Å². The molecule has 1 aromatic carbocycles. The van der Waals surface area contributed by atoms with Gasteiger partial charge in [0.15, 0.2) is 0 Å². The van der Waals surface area contributed by atoms with Crippen molar-refractivity contribution in [3.63, 3.8) is 0 Å². The molecule has 1 fully saturated rings. The number of nitrogens with zero attached hydrogens (tertiary/aromatic N) is 1. The van der Waals surface area contributed by atoms with Crippen molar-refractivity contribution in [2.75, 3.05) is 11.9 Å². The van der Waals surface area contributed by atoms with Crippen LogP contribution >= 0.6 is 0 Å². The van der Waals surface area contributed by atoms with Crippen LogP contribution in [0.15, 0.2) is 24.3 Å². The molecule has 6 heteroatoms. The molecule has 25 heavy (non-hydrogen) atoms. The zero-order valence-corrected chi connectivity index (χ0v) is 15.7. The van der Waals surface area contributed by atoms with Gasteiger partial charge in [-0.05, 0) is 59.6 Å². The number of carbonyl (C=O) groups is 2. The van der Waals surface area contributed by atoms with Crippen LogP contribution in [0.1, 0.15) is 47.5 Å². The van der Waals surface area contributed by atoms with Crippen molar-refractivity contribution in [1.82, 2.24) is 4.90 Å². The maximum absolute atomic E-state index is 12.7. The molecule has 1 aliphatic heterocycles. The quantitative estimate of drug-likeness (QED) is 0.898. The van der Waals surface area contributed by atoms with Crippen LogP contribution in [0.4, 0.5) is 10.5 Å². The summed E-state index contributed by atoms with van der Waals surface area (Å²) in [5.41, 5.74) is 0.0236. The molecule has 0 aromatic heterocycles. The standard InChI is InChI=1S/C19H28N2O4/c1-13(2)24-16-11-7-6-9-14(16)20-17(22)15-10-8-12-21(15)18(23)25-19(3,4)5/h6-7,9,11,13,15H,8,10,12H2,1-5H3,(H,20,22)/t15-/m0/s1. The monoisotopic (exact) mass is 348 g/mol. The topological polar surface area (TPSA) is 67.9 Å². The first-order valence-corrected chi connectivity index (χ1v) is 8.73. The second kappa shape index (κ2) is 7.76. The molecule has 0 aliphatic carbocycles. The van der Waals surface area contributed by atoms with Gasteiger partial charge in [-0.15, -0.1) is 0 Å². The molecular formula is C19H28N2O4. The van der Waals surface area contributed by atoms with E-state index >= 15 is 0 Å². The van der Waals surface area contributed by atoms with Crippen molar-refractivity contribution in [3.05, 3.63) is 24.3 Å². The number of hydrogen-bond donors (Lipinski definition) is 1. The third kappa shape index (κ3) is 5.37. The van der Waals surface area contributed by atoms with E-state index in [1.165, 1.54) is 4.90 Å². The van der Waals surface area contributed by atoms with Crippen LogP contribution in [-0.2, 0) is 9.53 Å². The van der Waals surface area contributed by atoms with Gasteiger partial charge in [-0.1, -0.05) is 12.1 Å². The van der Waals surface area contributed by atoms with E-state index in [2.05, 4.69) is 5.32 Å². The van der Waals surface area contributed by atoms with Gasteiger partial charge >= 0.3 is 6.09 Å². The van der Waals surface area contributed by atoms with Gasteiger partial charge in [-0.3, -0.25) is 9.69 Å². The summed E-state index contributed by atoms with van der Waals surface area (Å²) in [6, 6.07) is 6.78. The molecule has 0 radical (unpaired) electrons. The average Bonchev–Trinajstić information content (AvgIpc) is 2.96. The second-order valence-electron chi connectivity index (χ2n) is 7.48. The molecule has 0 spiro atoms. The van der Waals surface area contributed by atoms with Crippen molar-refractivity contribution in [2.24, 2.45) is 0 Å². The van der Waals surface area contributed by atoms with Crippen molar-refractivity contribution in [1.29, 1.82) is 0 Å². The smallest absolute Gasteiger partial charge is 0.410 e. The fraction of sp³-hybridized carbons (Fsp3) is 0.579. The fourth-order valence-corrected chi connectivity index (χ4v) is 2.72. The Morgan fingerprint density at radius 2 is 1.92 bits per heavy atom. The van der Waals surface area contributed by atoms with E-state index in [0.717, 1.165) is 6.42 Å². The summed E-state index contributed by atoms with van der Waals surface area (Å²) in [5, 5.41) is 2.89. The third-order valence-electron chi connectivity index (χ3n) is 3.69. The molecule has 1 atom stereocenters. The highest BCUT2D eigenvalue weighted by atomic mass is 16.6. The second-order valence-corrected chi connectivity index (χ2v) is 7.48. The lowest BCUT2D eigenvalue weighted by Crippen LogP contribution is -2.45. The van der Waals surface area contributed by atoms with Gasteiger partial charge in [0.1, 0.15) is 17.4 Å². The van der Waals surface area contributed by atoms with Crippen LogP contribution < -0.4 is 10.1 Å².